The highest BCUT2D eigenvalue weighted by Crippen LogP contribution is 2.32. The maximum Gasteiger partial charge on any atom is 0.338 e. The van der Waals surface area contributed by atoms with Crippen molar-refractivity contribution >= 4 is 35.1 Å². The van der Waals surface area contributed by atoms with Crippen molar-refractivity contribution in [2.24, 2.45) is 0 Å². The molecule has 10 nitrogen and oxygen atoms in total. The molecule has 1 atom stereocenters. The second-order valence-corrected chi connectivity index (χ2v) is 9.92. The number of likely N-dealkylation sites (N-methyl/N-ethyl adjacent to an activating group) is 1. The third-order valence-electron chi connectivity index (χ3n) is 6.68. The summed E-state index contributed by atoms with van der Waals surface area (Å²) in [5.41, 5.74) is 3.43. The van der Waals surface area contributed by atoms with Crippen molar-refractivity contribution < 1.29 is 23.9 Å². The third-order valence-corrected chi connectivity index (χ3v) is 6.96. The van der Waals surface area contributed by atoms with Gasteiger partial charge in [0, 0.05) is 18.7 Å². The van der Waals surface area contributed by atoms with Crippen LogP contribution in [0.4, 0.5) is 5.69 Å². The normalized spacial score (nSPS) is 14.2. The van der Waals surface area contributed by atoms with Crippen LogP contribution in [0.15, 0.2) is 72.9 Å². The van der Waals surface area contributed by atoms with Crippen LogP contribution < -0.4 is 15.0 Å². The summed E-state index contributed by atoms with van der Waals surface area (Å²) in [4.78, 5) is 48.9. The van der Waals surface area contributed by atoms with E-state index in [0.717, 1.165) is 5.56 Å². The molecule has 1 aromatic heterocycles. The fraction of sp³-hybridized carbons (Fsp3) is 0.161. The maximum atomic E-state index is 13.2. The lowest BCUT2D eigenvalue weighted by Crippen LogP contribution is -2.49. The topological polar surface area (TPSA) is 135 Å². The van der Waals surface area contributed by atoms with Gasteiger partial charge in [0.2, 0.25) is 5.82 Å². The molecule has 0 radical (unpaired) electrons. The van der Waals surface area contributed by atoms with E-state index in [2.05, 4.69) is 15.3 Å². The van der Waals surface area contributed by atoms with Gasteiger partial charge >= 0.3 is 5.97 Å². The number of nitriles is 1. The molecule has 42 heavy (non-hydrogen) atoms. The fourth-order valence-corrected chi connectivity index (χ4v) is 4.57. The Kier molecular flexibility index (Phi) is 8.13. The average Bonchev–Trinajstić information content (AvgIpc) is 3.12. The number of rotatable bonds is 6. The Balaban J connectivity index is 1.34. The zero-order valence-electron chi connectivity index (χ0n) is 22.6. The summed E-state index contributed by atoms with van der Waals surface area (Å²) < 4.78 is 11.2. The van der Waals surface area contributed by atoms with E-state index in [1.165, 1.54) is 17.2 Å². The molecule has 0 saturated heterocycles. The molecular formula is C31H24ClN5O5. The van der Waals surface area contributed by atoms with E-state index >= 15 is 0 Å². The minimum atomic E-state index is -1.05. The molecule has 5 rings (SSSR count). The number of anilines is 1. The molecule has 0 fully saturated rings. The van der Waals surface area contributed by atoms with E-state index in [1.54, 1.807) is 44.3 Å². The summed E-state index contributed by atoms with van der Waals surface area (Å²) >= 11 is 6.40. The summed E-state index contributed by atoms with van der Waals surface area (Å²) in [5.74, 6) is -1.53. The Morgan fingerprint density at radius 1 is 1.17 bits per heavy atom. The number of amides is 2. The first-order valence-electron chi connectivity index (χ1n) is 12.8. The van der Waals surface area contributed by atoms with Gasteiger partial charge in [-0.2, -0.15) is 5.26 Å². The van der Waals surface area contributed by atoms with E-state index in [0.29, 0.717) is 33.7 Å². The van der Waals surface area contributed by atoms with Gasteiger partial charge in [-0.25, -0.2) is 14.8 Å². The zero-order valence-corrected chi connectivity index (χ0v) is 23.4. The van der Waals surface area contributed by atoms with Crippen LogP contribution in [-0.4, -0.2) is 47.4 Å². The standard InChI is InChI=1S/C31H24ClN5O5/c1-18-8-10-21(13-22(18)31(40)42-16-19-6-4-3-5-7-19)27-23(32)15-34-28(36-27)29(38)35-24-17-41-26-12-20(14-33)9-11-25(26)37(2)30(24)39/h3-13,15,24H,16-17H2,1-2H3,(H,35,38). The van der Waals surface area contributed by atoms with Gasteiger partial charge in [-0.15, -0.1) is 0 Å². The Morgan fingerprint density at radius 3 is 2.71 bits per heavy atom. The van der Waals surface area contributed by atoms with Crippen molar-refractivity contribution in [3.63, 3.8) is 0 Å². The zero-order chi connectivity index (χ0) is 29.8. The molecule has 1 aliphatic rings. The SMILES string of the molecule is Cc1ccc(-c2nc(C(=O)NC3COc4cc(C#N)ccc4N(C)C3=O)ncc2Cl)cc1C(=O)OCc1ccccc1. The number of carbonyl (C=O) groups excluding carboxylic acids is 3. The highest BCUT2D eigenvalue weighted by molar-refractivity contribution is 6.33. The summed E-state index contributed by atoms with van der Waals surface area (Å²) in [6.45, 7) is 1.74. The number of esters is 1. The van der Waals surface area contributed by atoms with Crippen LogP contribution in [0.1, 0.15) is 37.7 Å². The molecule has 3 aromatic carbocycles. The van der Waals surface area contributed by atoms with Gasteiger partial charge in [0.1, 0.15) is 25.0 Å². The number of nitrogens with zero attached hydrogens (tertiary/aromatic N) is 4. The molecular weight excluding hydrogens is 558 g/mol. The minimum Gasteiger partial charge on any atom is -0.489 e. The van der Waals surface area contributed by atoms with E-state index in [9.17, 15) is 19.6 Å². The Labute approximate surface area is 246 Å². The van der Waals surface area contributed by atoms with E-state index in [4.69, 9.17) is 21.1 Å². The molecule has 0 spiro atoms. The monoisotopic (exact) mass is 581 g/mol. The minimum absolute atomic E-state index is 0.116. The summed E-state index contributed by atoms with van der Waals surface area (Å²) in [7, 11) is 1.55. The molecule has 1 unspecified atom stereocenters. The van der Waals surface area contributed by atoms with Gasteiger partial charge < -0.3 is 19.7 Å². The molecule has 1 aliphatic heterocycles. The van der Waals surface area contributed by atoms with Gasteiger partial charge in [-0.3, -0.25) is 9.59 Å². The Morgan fingerprint density at radius 2 is 1.95 bits per heavy atom. The summed E-state index contributed by atoms with van der Waals surface area (Å²) in [6, 6.07) is 20.1. The molecule has 11 heteroatoms. The van der Waals surface area contributed by atoms with Crippen molar-refractivity contribution in [3.8, 4) is 23.1 Å². The molecule has 2 amide bonds. The Hall–Kier alpha value is -5.27. The molecule has 1 N–H and O–H groups in total. The van der Waals surface area contributed by atoms with Crippen molar-refractivity contribution in [1.82, 2.24) is 15.3 Å². The van der Waals surface area contributed by atoms with Crippen LogP contribution in [0.5, 0.6) is 5.75 Å². The Bertz CT molecular complexity index is 1740. The van der Waals surface area contributed by atoms with Gasteiger partial charge in [-0.05, 0) is 36.2 Å². The number of hydrogen-bond donors (Lipinski definition) is 1. The molecule has 0 aliphatic carbocycles. The van der Waals surface area contributed by atoms with Gasteiger partial charge in [0.05, 0.1) is 39.8 Å². The van der Waals surface area contributed by atoms with Gasteiger partial charge in [0.15, 0.2) is 0 Å². The molecule has 2 heterocycles. The first-order valence-corrected chi connectivity index (χ1v) is 13.2. The summed E-state index contributed by atoms with van der Waals surface area (Å²) in [6.07, 6.45) is 1.28. The van der Waals surface area contributed by atoms with Crippen LogP contribution in [0.2, 0.25) is 5.02 Å². The van der Waals surface area contributed by atoms with Crippen LogP contribution in [0, 0.1) is 18.3 Å². The predicted molar refractivity (Wildman–Crippen MR) is 154 cm³/mol. The predicted octanol–water partition coefficient (Wildman–Crippen LogP) is 4.49. The molecule has 4 aromatic rings. The lowest BCUT2D eigenvalue weighted by Gasteiger charge is -2.20. The lowest BCUT2D eigenvalue weighted by molar-refractivity contribution is -0.120. The van der Waals surface area contributed by atoms with Crippen molar-refractivity contribution in [2.45, 2.75) is 19.6 Å². The van der Waals surface area contributed by atoms with Gasteiger partial charge in [-0.1, -0.05) is 54.1 Å². The van der Waals surface area contributed by atoms with Crippen LogP contribution >= 0.6 is 11.6 Å². The third kappa shape index (κ3) is 5.92. The van der Waals surface area contributed by atoms with Crippen LogP contribution in [0.3, 0.4) is 0 Å². The van der Waals surface area contributed by atoms with E-state index < -0.39 is 23.8 Å². The number of ether oxygens (including phenoxy) is 2. The molecule has 0 saturated carbocycles. The second kappa shape index (κ2) is 12.1. The maximum absolute atomic E-state index is 13.2. The van der Waals surface area contributed by atoms with Crippen molar-refractivity contribution in [1.29, 1.82) is 5.26 Å². The second-order valence-electron chi connectivity index (χ2n) is 9.51. The molecule has 210 valence electrons. The van der Waals surface area contributed by atoms with E-state index in [1.807, 2.05) is 36.4 Å². The highest BCUT2D eigenvalue weighted by Gasteiger charge is 2.31. The number of benzene rings is 3. The lowest BCUT2D eigenvalue weighted by atomic mass is 10.0. The highest BCUT2D eigenvalue weighted by atomic mass is 35.5. The number of hydrogen-bond acceptors (Lipinski definition) is 8. The first-order chi connectivity index (χ1) is 20.2. The number of nitrogens with one attached hydrogen (secondary N) is 1. The number of carbonyl (C=O) groups is 3. The number of halogens is 1. The quantitative estimate of drug-likeness (QED) is 0.329. The van der Waals surface area contributed by atoms with E-state index in [-0.39, 0.29) is 29.8 Å². The number of aromatic nitrogens is 2. The number of aryl methyl sites for hydroxylation is 1. The molecule has 0 bridgehead atoms. The largest absolute Gasteiger partial charge is 0.489 e. The van der Waals surface area contributed by atoms with Crippen molar-refractivity contribution in [3.05, 3.63) is 106 Å². The van der Waals surface area contributed by atoms with Crippen LogP contribution in [-0.2, 0) is 16.1 Å². The summed E-state index contributed by atoms with van der Waals surface area (Å²) in [5, 5.41) is 12.0. The van der Waals surface area contributed by atoms with Crippen molar-refractivity contribution in [2.75, 3.05) is 18.6 Å². The fourth-order valence-electron chi connectivity index (χ4n) is 4.37. The van der Waals surface area contributed by atoms with Crippen LogP contribution in [0.25, 0.3) is 11.3 Å². The number of fused-ring (bicyclic) bond motifs is 1. The van der Waals surface area contributed by atoms with Gasteiger partial charge in [0.25, 0.3) is 11.8 Å². The average molecular weight is 582 g/mol. The first kappa shape index (κ1) is 28.3. The smallest absolute Gasteiger partial charge is 0.338 e.